The monoisotopic (exact) mass is 525 g/mol. The summed E-state index contributed by atoms with van der Waals surface area (Å²) in [4.78, 5) is 16.1. The summed E-state index contributed by atoms with van der Waals surface area (Å²) in [6, 6.07) is 6.49. The highest BCUT2D eigenvalue weighted by molar-refractivity contribution is 6.32. The molecular formula is C24H30Cl3N5O2. The second-order valence-electron chi connectivity index (χ2n) is 8.47. The first kappa shape index (κ1) is 26.7. The van der Waals surface area contributed by atoms with E-state index in [1.165, 1.54) is 0 Å². The number of nitrogens with zero attached hydrogens (tertiary/aromatic N) is 4. The molecule has 34 heavy (non-hydrogen) atoms. The fourth-order valence-corrected chi connectivity index (χ4v) is 4.63. The fourth-order valence-electron chi connectivity index (χ4n) is 4.40. The summed E-state index contributed by atoms with van der Waals surface area (Å²) in [5.41, 5.74) is 4.91. The lowest BCUT2D eigenvalue weighted by molar-refractivity contribution is 0.170. The Hall–Kier alpha value is -1.90. The van der Waals surface area contributed by atoms with Crippen LogP contribution in [0.3, 0.4) is 0 Å². The Morgan fingerprint density at radius 2 is 1.82 bits per heavy atom. The maximum Gasteiger partial charge on any atom is 0.179 e. The van der Waals surface area contributed by atoms with Crippen LogP contribution >= 0.6 is 36.4 Å². The van der Waals surface area contributed by atoms with Gasteiger partial charge < -0.3 is 19.7 Å². The molecule has 184 valence electrons. The molecule has 10 heteroatoms. The summed E-state index contributed by atoms with van der Waals surface area (Å²) in [6.07, 6.45) is 6.63. The first-order chi connectivity index (χ1) is 15.7. The number of ether oxygens (including phenoxy) is 2. The normalized spacial score (nSPS) is 16.1. The zero-order valence-electron chi connectivity index (χ0n) is 19.1. The topological polar surface area (TPSA) is 72.4 Å². The van der Waals surface area contributed by atoms with Gasteiger partial charge in [0.05, 0.1) is 27.9 Å². The predicted molar refractivity (Wildman–Crippen MR) is 139 cm³/mol. The highest BCUT2D eigenvalue weighted by atomic mass is 35.5. The average molecular weight is 527 g/mol. The zero-order chi connectivity index (χ0) is 21.9. The number of hydrogen-bond acceptors (Lipinski definition) is 7. The first-order valence-corrected chi connectivity index (χ1v) is 11.6. The second-order valence-corrected chi connectivity index (χ2v) is 8.88. The van der Waals surface area contributed by atoms with E-state index in [0.717, 1.165) is 84.9 Å². The minimum Gasteiger partial charge on any atom is -0.486 e. The van der Waals surface area contributed by atoms with E-state index in [1.54, 1.807) is 12.4 Å². The molecule has 0 aliphatic carbocycles. The van der Waals surface area contributed by atoms with E-state index in [-0.39, 0.29) is 24.8 Å². The van der Waals surface area contributed by atoms with E-state index in [4.69, 9.17) is 26.1 Å². The molecule has 0 spiro atoms. The molecule has 3 aromatic heterocycles. The Balaban J connectivity index is 0.00000162. The van der Waals surface area contributed by atoms with Crippen molar-refractivity contribution < 1.29 is 9.47 Å². The molecule has 0 amide bonds. The Morgan fingerprint density at radius 1 is 1.06 bits per heavy atom. The molecule has 2 aliphatic heterocycles. The maximum absolute atomic E-state index is 6.49. The first-order valence-electron chi connectivity index (χ1n) is 11.3. The summed E-state index contributed by atoms with van der Waals surface area (Å²) in [5, 5.41) is 4.36. The lowest BCUT2D eigenvalue weighted by Crippen LogP contribution is -2.43. The molecule has 1 saturated heterocycles. The molecule has 0 unspecified atom stereocenters. The van der Waals surface area contributed by atoms with E-state index in [0.29, 0.717) is 24.3 Å². The van der Waals surface area contributed by atoms with Gasteiger partial charge in [-0.1, -0.05) is 11.6 Å². The summed E-state index contributed by atoms with van der Waals surface area (Å²) in [7, 11) is 0. The van der Waals surface area contributed by atoms with Crippen LogP contribution in [0.1, 0.15) is 29.8 Å². The lowest BCUT2D eigenvalue weighted by atomic mass is 10.0. The van der Waals surface area contributed by atoms with Crippen LogP contribution in [0.25, 0.3) is 11.0 Å². The van der Waals surface area contributed by atoms with Crippen molar-refractivity contribution in [2.75, 3.05) is 32.8 Å². The molecule has 0 radical (unpaired) electrons. The summed E-state index contributed by atoms with van der Waals surface area (Å²) in [6.45, 7) is 7.04. The van der Waals surface area contributed by atoms with E-state index < -0.39 is 0 Å². The highest BCUT2D eigenvalue weighted by Gasteiger charge is 2.20. The molecule has 2 aliphatic rings. The van der Waals surface area contributed by atoms with E-state index in [9.17, 15) is 0 Å². The number of rotatable bonds is 6. The van der Waals surface area contributed by atoms with Crippen LogP contribution in [0.5, 0.6) is 11.5 Å². The van der Waals surface area contributed by atoms with Gasteiger partial charge in [0.1, 0.15) is 13.2 Å². The second kappa shape index (κ2) is 12.2. The van der Waals surface area contributed by atoms with Crippen molar-refractivity contribution >= 4 is 47.4 Å². The van der Waals surface area contributed by atoms with Gasteiger partial charge in [0, 0.05) is 42.7 Å². The number of piperidine rings is 1. The van der Waals surface area contributed by atoms with Crippen LogP contribution in [0.4, 0.5) is 0 Å². The van der Waals surface area contributed by atoms with Crippen LogP contribution < -0.4 is 14.8 Å². The van der Waals surface area contributed by atoms with Crippen molar-refractivity contribution in [1.82, 2.24) is 25.2 Å². The molecule has 0 aromatic carbocycles. The zero-order valence-corrected chi connectivity index (χ0v) is 21.5. The number of aryl methyl sites for hydroxylation is 1. The van der Waals surface area contributed by atoms with Gasteiger partial charge in [-0.2, -0.15) is 0 Å². The number of hydrogen-bond donors (Lipinski definition) is 1. The molecule has 5 rings (SSSR count). The van der Waals surface area contributed by atoms with E-state index in [1.807, 2.05) is 25.1 Å². The van der Waals surface area contributed by atoms with Gasteiger partial charge in [-0.05, 0) is 51.4 Å². The summed E-state index contributed by atoms with van der Waals surface area (Å²) < 4.78 is 11.2. The van der Waals surface area contributed by atoms with Crippen LogP contribution in [-0.4, -0.2) is 58.7 Å². The molecule has 5 heterocycles. The third-order valence-electron chi connectivity index (χ3n) is 6.23. The van der Waals surface area contributed by atoms with Crippen molar-refractivity contribution in [3.8, 4) is 11.5 Å². The molecule has 0 bridgehead atoms. The summed E-state index contributed by atoms with van der Waals surface area (Å²) in [5.74, 6) is 1.53. The largest absolute Gasteiger partial charge is 0.486 e. The lowest BCUT2D eigenvalue weighted by Gasteiger charge is -2.32. The van der Waals surface area contributed by atoms with Crippen LogP contribution in [0, 0.1) is 6.92 Å². The number of halogens is 3. The molecule has 1 fully saturated rings. The molecular weight excluding hydrogens is 497 g/mol. The number of fused-ring (bicyclic) bond motifs is 2. The van der Waals surface area contributed by atoms with Crippen LogP contribution in [0.2, 0.25) is 5.02 Å². The Labute approximate surface area is 217 Å². The smallest absolute Gasteiger partial charge is 0.179 e. The minimum absolute atomic E-state index is 0. The van der Waals surface area contributed by atoms with Gasteiger partial charge in [-0.25, -0.2) is 0 Å². The van der Waals surface area contributed by atoms with Crippen molar-refractivity contribution in [1.29, 1.82) is 0 Å². The van der Waals surface area contributed by atoms with Gasteiger partial charge in [-0.3, -0.25) is 15.0 Å². The van der Waals surface area contributed by atoms with Crippen LogP contribution in [-0.2, 0) is 13.0 Å². The minimum atomic E-state index is 0. The molecule has 3 aromatic rings. The van der Waals surface area contributed by atoms with Crippen molar-refractivity contribution in [2.45, 2.75) is 38.8 Å². The third kappa shape index (κ3) is 6.20. The molecule has 0 saturated carbocycles. The van der Waals surface area contributed by atoms with E-state index in [2.05, 4.69) is 20.2 Å². The highest BCUT2D eigenvalue weighted by Crippen LogP contribution is 2.29. The van der Waals surface area contributed by atoms with Gasteiger partial charge >= 0.3 is 0 Å². The van der Waals surface area contributed by atoms with Crippen molar-refractivity contribution in [2.24, 2.45) is 0 Å². The molecule has 7 nitrogen and oxygen atoms in total. The molecule has 1 N–H and O–H groups in total. The van der Waals surface area contributed by atoms with Gasteiger partial charge in [-0.15, -0.1) is 24.8 Å². The quantitative estimate of drug-likeness (QED) is 0.510. The maximum atomic E-state index is 6.49. The predicted octanol–water partition coefficient (Wildman–Crippen LogP) is 4.40. The number of nitrogens with one attached hydrogen (secondary N) is 1. The number of pyridine rings is 3. The SMILES string of the molecule is Cc1ccc2ncc(Cl)c(CCN3CCC(NCc4cc5c(cn4)OCCO5)CC3)c2n1.Cl.Cl. The number of aromatic nitrogens is 3. The van der Waals surface area contributed by atoms with Gasteiger partial charge in [0.25, 0.3) is 0 Å². The Kier molecular flexibility index (Phi) is 9.56. The molecule has 0 atom stereocenters. The standard InChI is InChI=1S/C24H28ClN5O2.2ClH/c1-16-2-3-21-24(29-16)19(20(25)14-28-21)6-9-30-7-4-17(5-8-30)26-13-18-12-22-23(15-27-18)32-11-10-31-22;;/h2-3,12,14-15,17,26H,4-11,13H2,1H3;2*1H. The fraction of sp³-hybridized carbons (Fsp3) is 0.458. The van der Waals surface area contributed by atoms with Gasteiger partial charge in [0.2, 0.25) is 0 Å². The third-order valence-corrected chi connectivity index (χ3v) is 6.55. The average Bonchev–Trinajstić information content (AvgIpc) is 2.82. The van der Waals surface area contributed by atoms with Crippen molar-refractivity contribution in [3.05, 3.63) is 52.6 Å². The Morgan fingerprint density at radius 3 is 2.62 bits per heavy atom. The Bertz CT molecular complexity index is 1100. The van der Waals surface area contributed by atoms with Gasteiger partial charge in [0.15, 0.2) is 11.5 Å². The number of likely N-dealkylation sites (tertiary alicyclic amines) is 1. The van der Waals surface area contributed by atoms with Crippen molar-refractivity contribution in [3.63, 3.8) is 0 Å². The van der Waals surface area contributed by atoms with E-state index >= 15 is 0 Å². The summed E-state index contributed by atoms with van der Waals surface area (Å²) >= 11 is 6.49. The van der Waals surface area contributed by atoms with Crippen LogP contribution in [0.15, 0.2) is 30.6 Å².